The highest BCUT2D eigenvalue weighted by molar-refractivity contribution is 5.66. The van der Waals surface area contributed by atoms with Gasteiger partial charge in [-0.1, -0.05) is 18.2 Å². The van der Waals surface area contributed by atoms with Crippen LogP contribution in [0.3, 0.4) is 0 Å². The first-order valence-corrected chi connectivity index (χ1v) is 5.99. The predicted octanol–water partition coefficient (Wildman–Crippen LogP) is 2.80. The van der Waals surface area contributed by atoms with Gasteiger partial charge < -0.3 is 15.2 Å². The summed E-state index contributed by atoms with van der Waals surface area (Å²) >= 11 is 0. The van der Waals surface area contributed by atoms with Crippen LogP contribution in [0.25, 0.3) is 0 Å². The van der Waals surface area contributed by atoms with E-state index in [1.807, 2.05) is 6.92 Å². The van der Waals surface area contributed by atoms with Crippen LogP contribution in [0.2, 0.25) is 0 Å². The van der Waals surface area contributed by atoms with Gasteiger partial charge in [0.05, 0.1) is 0 Å². The number of nitrogens with one attached hydrogen (secondary N) is 1. The van der Waals surface area contributed by atoms with Crippen molar-refractivity contribution in [3.05, 3.63) is 29.8 Å². The largest absolute Gasteiger partial charge is 0.481 e. The second-order valence-corrected chi connectivity index (χ2v) is 4.09. The van der Waals surface area contributed by atoms with Gasteiger partial charge in [0.1, 0.15) is 5.75 Å². The van der Waals surface area contributed by atoms with Crippen molar-refractivity contribution in [2.75, 3.05) is 6.54 Å². The average Bonchev–Trinajstić information content (AvgIpc) is 2.34. The summed E-state index contributed by atoms with van der Waals surface area (Å²) in [5.74, 6) is -0.716. The zero-order valence-electron chi connectivity index (χ0n) is 10.6. The summed E-state index contributed by atoms with van der Waals surface area (Å²) in [6.45, 7) is -0.550. The molecular weight excluding hydrogens is 256 g/mol. The topological polar surface area (TPSA) is 58.6 Å². The van der Waals surface area contributed by atoms with Gasteiger partial charge in [0.15, 0.2) is 0 Å². The highest BCUT2D eigenvalue weighted by Gasteiger charge is 2.13. The number of aliphatic carboxylic acids is 1. The highest BCUT2D eigenvalue weighted by Crippen LogP contribution is 2.26. The van der Waals surface area contributed by atoms with Crippen LogP contribution in [0, 0.1) is 0 Å². The zero-order valence-corrected chi connectivity index (χ0v) is 10.6. The first kappa shape index (κ1) is 15.4. The molecule has 1 unspecified atom stereocenters. The Labute approximate surface area is 110 Å². The third-order valence-corrected chi connectivity index (χ3v) is 2.62. The molecule has 6 heteroatoms. The van der Waals surface area contributed by atoms with E-state index in [1.165, 1.54) is 6.07 Å². The van der Waals surface area contributed by atoms with Gasteiger partial charge in [-0.2, -0.15) is 8.78 Å². The van der Waals surface area contributed by atoms with E-state index in [2.05, 4.69) is 10.1 Å². The number of ether oxygens (including phenoxy) is 1. The third-order valence-electron chi connectivity index (χ3n) is 2.62. The SMILES string of the molecule is CC(NCCCC(=O)O)c1ccccc1OC(F)F. The summed E-state index contributed by atoms with van der Waals surface area (Å²) in [5.41, 5.74) is 0.623. The molecule has 0 saturated carbocycles. The van der Waals surface area contributed by atoms with Gasteiger partial charge in [-0.05, 0) is 26.0 Å². The minimum atomic E-state index is -2.86. The summed E-state index contributed by atoms with van der Waals surface area (Å²) in [4.78, 5) is 10.4. The Morgan fingerprint density at radius 1 is 1.42 bits per heavy atom. The number of carboxylic acids is 1. The summed E-state index contributed by atoms with van der Waals surface area (Å²) in [6.07, 6.45) is 0.562. The van der Waals surface area contributed by atoms with Crippen molar-refractivity contribution >= 4 is 5.97 Å². The zero-order chi connectivity index (χ0) is 14.3. The van der Waals surface area contributed by atoms with Crippen LogP contribution in [-0.2, 0) is 4.79 Å². The molecule has 0 aliphatic carbocycles. The monoisotopic (exact) mass is 273 g/mol. The van der Waals surface area contributed by atoms with E-state index in [1.54, 1.807) is 18.2 Å². The van der Waals surface area contributed by atoms with E-state index in [0.717, 1.165) is 0 Å². The number of alkyl halides is 2. The Balaban J connectivity index is 2.55. The first-order valence-electron chi connectivity index (χ1n) is 5.99. The molecule has 2 N–H and O–H groups in total. The van der Waals surface area contributed by atoms with Crippen molar-refractivity contribution in [2.45, 2.75) is 32.4 Å². The molecule has 1 aromatic rings. The van der Waals surface area contributed by atoms with Crippen LogP contribution in [-0.4, -0.2) is 24.2 Å². The van der Waals surface area contributed by atoms with Gasteiger partial charge in [-0.15, -0.1) is 0 Å². The summed E-state index contributed by atoms with van der Waals surface area (Å²) < 4.78 is 28.9. The molecule has 0 amide bonds. The molecule has 0 spiro atoms. The Hall–Kier alpha value is -1.69. The van der Waals surface area contributed by atoms with Crippen molar-refractivity contribution in [1.29, 1.82) is 0 Å². The number of halogens is 2. The number of carbonyl (C=O) groups is 1. The van der Waals surface area contributed by atoms with Crippen LogP contribution < -0.4 is 10.1 Å². The molecule has 0 radical (unpaired) electrons. The van der Waals surface area contributed by atoms with E-state index >= 15 is 0 Å². The minimum Gasteiger partial charge on any atom is -0.481 e. The van der Waals surface area contributed by atoms with E-state index in [9.17, 15) is 13.6 Å². The van der Waals surface area contributed by atoms with Gasteiger partial charge in [0.2, 0.25) is 0 Å². The molecule has 0 aliphatic rings. The molecule has 0 heterocycles. The lowest BCUT2D eigenvalue weighted by Crippen LogP contribution is -2.21. The lowest BCUT2D eigenvalue weighted by molar-refractivity contribution is -0.137. The summed E-state index contributed by atoms with van der Waals surface area (Å²) in [6, 6.07) is 6.36. The number of rotatable bonds is 8. The maximum absolute atomic E-state index is 12.3. The predicted molar refractivity (Wildman–Crippen MR) is 66.4 cm³/mol. The van der Waals surface area contributed by atoms with Crippen LogP contribution >= 0.6 is 0 Å². The fourth-order valence-electron chi connectivity index (χ4n) is 1.71. The number of hydrogen-bond acceptors (Lipinski definition) is 3. The number of para-hydroxylation sites is 1. The maximum Gasteiger partial charge on any atom is 0.387 e. The number of carboxylic acid groups (broad SMARTS) is 1. The van der Waals surface area contributed by atoms with Crippen LogP contribution in [0.5, 0.6) is 5.75 Å². The van der Waals surface area contributed by atoms with Gasteiger partial charge >= 0.3 is 12.6 Å². The third kappa shape index (κ3) is 5.65. The van der Waals surface area contributed by atoms with Gasteiger partial charge in [0.25, 0.3) is 0 Å². The second-order valence-electron chi connectivity index (χ2n) is 4.09. The summed E-state index contributed by atoms with van der Waals surface area (Å²) in [5, 5.41) is 11.6. The molecule has 106 valence electrons. The smallest absolute Gasteiger partial charge is 0.387 e. The molecular formula is C13H17F2NO3. The maximum atomic E-state index is 12.3. The fraction of sp³-hybridized carbons (Fsp3) is 0.462. The Morgan fingerprint density at radius 2 is 2.11 bits per heavy atom. The molecule has 1 atom stereocenters. The lowest BCUT2D eigenvalue weighted by atomic mass is 10.1. The van der Waals surface area contributed by atoms with E-state index in [4.69, 9.17) is 5.11 Å². The van der Waals surface area contributed by atoms with Crippen LogP contribution in [0.15, 0.2) is 24.3 Å². The van der Waals surface area contributed by atoms with Gasteiger partial charge in [-0.25, -0.2) is 0 Å². The first-order chi connectivity index (χ1) is 9.00. The van der Waals surface area contributed by atoms with E-state index in [0.29, 0.717) is 18.5 Å². The van der Waals surface area contributed by atoms with Gasteiger partial charge in [-0.3, -0.25) is 4.79 Å². The van der Waals surface area contributed by atoms with Crippen molar-refractivity contribution in [3.8, 4) is 5.75 Å². The second kappa shape index (κ2) is 7.68. The molecule has 4 nitrogen and oxygen atoms in total. The Kier molecular flexibility index (Phi) is 6.21. The quantitative estimate of drug-likeness (QED) is 0.715. The molecule has 0 saturated heterocycles. The number of hydrogen-bond donors (Lipinski definition) is 2. The number of benzene rings is 1. The molecule has 0 bridgehead atoms. The van der Waals surface area contributed by atoms with Crippen LogP contribution in [0.4, 0.5) is 8.78 Å². The Morgan fingerprint density at radius 3 is 2.74 bits per heavy atom. The van der Waals surface area contributed by atoms with Crippen LogP contribution in [0.1, 0.15) is 31.4 Å². The fourth-order valence-corrected chi connectivity index (χ4v) is 1.71. The molecule has 0 aliphatic heterocycles. The van der Waals surface area contributed by atoms with Crippen molar-refractivity contribution < 1.29 is 23.4 Å². The standard InChI is InChI=1S/C13H17F2NO3/c1-9(16-8-4-7-12(17)18)10-5-2-3-6-11(10)19-13(14)15/h2-3,5-6,9,13,16H,4,7-8H2,1H3,(H,17,18). The molecule has 19 heavy (non-hydrogen) atoms. The molecule has 0 fully saturated rings. The Bertz CT molecular complexity index is 413. The van der Waals surface area contributed by atoms with Crippen molar-refractivity contribution in [1.82, 2.24) is 5.32 Å². The normalized spacial score (nSPS) is 12.4. The van der Waals surface area contributed by atoms with E-state index in [-0.39, 0.29) is 18.2 Å². The highest BCUT2D eigenvalue weighted by atomic mass is 19.3. The molecule has 1 aromatic carbocycles. The van der Waals surface area contributed by atoms with Crippen molar-refractivity contribution in [3.63, 3.8) is 0 Å². The molecule has 0 aromatic heterocycles. The molecule has 1 rings (SSSR count). The van der Waals surface area contributed by atoms with E-state index < -0.39 is 12.6 Å². The van der Waals surface area contributed by atoms with Crippen molar-refractivity contribution in [2.24, 2.45) is 0 Å². The lowest BCUT2D eigenvalue weighted by Gasteiger charge is -2.17. The van der Waals surface area contributed by atoms with Gasteiger partial charge in [0, 0.05) is 18.0 Å². The average molecular weight is 273 g/mol. The summed E-state index contributed by atoms with van der Waals surface area (Å²) in [7, 11) is 0. The minimum absolute atomic E-state index is 0.0783.